The van der Waals surface area contributed by atoms with Gasteiger partial charge in [-0.1, -0.05) is 37.9 Å². The molecule has 1 rings (SSSR count). The van der Waals surface area contributed by atoms with Gasteiger partial charge in [-0.25, -0.2) is 0 Å². The average Bonchev–Trinajstić information content (AvgIpc) is 2.14. The lowest BCUT2D eigenvalue weighted by Crippen LogP contribution is -1.81. The van der Waals surface area contributed by atoms with Gasteiger partial charge in [0, 0.05) is 5.33 Å². The summed E-state index contributed by atoms with van der Waals surface area (Å²) in [6.45, 7) is 0. The molecular formula is C5H4BBr2. The Morgan fingerprint density at radius 2 is 2.38 bits per heavy atom. The molecule has 0 unspecified atom stereocenters. The Morgan fingerprint density at radius 3 is 2.62 bits per heavy atom. The van der Waals surface area contributed by atoms with E-state index in [2.05, 4.69) is 37.9 Å². The first-order valence-electron chi connectivity index (χ1n) is 2.30. The minimum atomic E-state index is 0.931. The molecule has 1 radical (unpaired) electrons. The molecule has 0 spiro atoms. The van der Waals surface area contributed by atoms with Crippen LogP contribution in [0.4, 0.5) is 0 Å². The minimum Gasteiger partial charge on any atom is -0.115 e. The maximum absolute atomic E-state index is 3.40. The van der Waals surface area contributed by atoms with Crippen molar-refractivity contribution in [3.05, 3.63) is 22.0 Å². The van der Waals surface area contributed by atoms with E-state index in [4.69, 9.17) is 0 Å². The summed E-state index contributed by atoms with van der Waals surface area (Å²) in [6, 6.07) is 0. The van der Waals surface area contributed by atoms with E-state index in [0.717, 1.165) is 5.33 Å². The van der Waals surface area contributed by atoms with E-state index in [9.17, 15) is 0 Å². The summed E-state index contributed by atoms with van der Waals surface area (Å²) in [5.41, 5.74) is 1.31. The molecule has 0 aliphatic carbocycles. The maximum Gasteiger partial charge on any atom is 0.191 e. The van der Waals surface area contributed by atoms with Crippen LogP contribution in [-0.4, -0.2) is 12.6 Å². The highest BCUT2D eigenvalue weighted by molar-refractivity contribution is 9.12. The molecule has 0 aromatic heterocycles. The first kappa shape index (κ1) is 6.62. The van der Waals surface area contributed by atoms with Crippen LogP contribution in [-0.2, 0) is 0 Å². The Balaban J connectivity index is 2.70. The largest absolute Gasteiger partial charge is 0.191 e. The van der Waals surface area contributed by atoms with Crippen molar-refractivity contribution in [2.24, 2.45) is 0 Å². The van der Waals surface area contributed by atoms with Crippen LogP contribution in [0, 0.1) is 0 Å². The van der Waals surface area contributed by atoms with Gasteiger partial charge in [-0.05, 0) is 9.95 Å². The highest BCUT2D eigenvalue weighted by atomic mass is 79.9. The van der Waals surface area contributed by atoms with Crippen molar-refractivity contribution in [1.29, 1.82) is 0 Å². The number of halogens is 2. The summed E-state index contributed by atoms with van der Waals surface area (Å²) >= 11 is 6.75. The van der Waals surface area contributed by atoms with Crippen LogP contribution < -0.4 is 0 Å². The molecule has 0 amide bonds. The third-order valence-electron chi connectivity index (χ3n) is 0.991. The fourth-order valence-corrected chi connectivity index (χ4v) is 1.83. The fraction of sp³-hybridized carbons (Fsp3) is 0.200. The second kappa shape index (κ2) is 2.88. The summed E-state index contributed by atoms with van der Waals surface area (Å²) in [6.07, 6.45) is 2.08. The Morgan fingerprint density at radius 1 is 1.62 bits per heavy atom. The van der Waals surface area contributed by atoms with Crippen molar-refractivity contribution >= 4 is 39.1 Å². The average molecular weight is 235 g/mol. The lowest BCUT2D eigenvalue weighted by Gasteiger charge is -1.90. The van der Waals surface area contributed by atoms with Gasteiger partial charge in [0.2, 0.25) is 0 Å². The second-order valence-electron chi connectivity index (χ2n) is 1.53. The third kappa shape index (κ3) is 1.26. The highest BCUT2D eigenvalue weighted by Gasteiger charge is 2.03. The predicted molar refractivity (Wildman–Crippen MR) is 44.6 cm³/mol. The third-order valence-corrected chi connectivity index (χ3v) is 2.37. The zero-order chi connectivity index (χ0) is 5.98. The number of rotatable bonds is 1. The minimum absolute atomic E-state index is 0.931. The predicted octanol–water partition coefficient (Wildman–Crippen LogP) is 2.22. The molecule has 3 heteroatoms. The van der Waals surface area contributed by atoms with Crippen LogP contribution in [0.1, 0.15) is 0 Å². The zero-order valence-corrected chi connectivity index (χ0v) is 7.37. The standard InChI is InChI=1S/C5H4BBr2/c7-3-4-1-2-6-5(4)8/h1-2H,3H2. The zero-order valence-electron chi connectivity index (χ0n) is 4.20. The van der Waals surface area contributed by atoms with Gasteiger partial charge in [0.05, 0.1) is 0 Å². The second-order valence-corrected chi connectivity index (χ2v) is 2.95. The summed E-state index contributed by atoms with van der Waals surface area (Å²) < 4.78 is 1.19. The normalized spacial score (nSPS) is 17.2. The van der Waals surface area contributed by atoms with Crippen LogP contribution in [0.5, 0.6) is 0 Å². The number of alkyl halides is 1. The SMILES string of the molecule is BrCC1=C(Br)[B]C=C1. The smallest absolute Gasteiger partial charge is 0.115 e. The van der Waals surface area contributed by atoms with E-state index in [1.54, 1.807) is 0 Å². The Hall–Kier alpha value is 0.505. The molecule has 0 aromatic carbocycles. The monoisotopic (exact) mass is 233 g/mol. The summed E-state index contributed by atoms with van der Waals surface area (Å²) in [7, 11) is 2.04. The van der Waals surface area contributed by atoms with E-state index in [1.807, 2.05) is 13.3 Å². The van der Waals surface area contributed by atoms with Crippen LogP contribution in [0.3, 0.4) is 0 Å². The molecule has 0 N–H and O–H groups in total. The quantitative estimate of drug-likeness (QED) is 0.482. The van der Waals surface area contributed by atoms with Crippen LogP contribution >= 0.6 is 31.9 Å². The number of hydrogen-bond donors (Lipinski definition) is 0. The van der Waals surface area contributed by atoms with Crippen molar-refractivity contribution in [2.75, 3.05) is 5.33 Å². The van der Waals surface area contributed by atoms with Gasteiger partial charge >= 0.3 is 0 Å². The fourth-order valence-electron chi connectivity index (χ4n) is 0.544. The Kier molecular flexibility index (Phi) is 2.38. The van der Waals surface area contributed by atoms with Crippen LogP contribution in [0.25, 0.3) is 0 Å². The highest BCUT2D eigenvalue weighted by Crippen LogP contribution is 2.19. The summed E-state index contributed by atoms with van der Waals surface area (Å²) in [5, 5.41) is 0.931. The van der Waals surface area contributed by atoms with E-state index >= 15 is 0 Å². The van der Waals surface area contributed by atoms with Crippen molar-refractivity contribution in [1.82, 2.24) is 0 Å². The molecule has 0 fully saturated rings. The van der Waals surface area contributed by atoms with Crippen molar-refractivity contribution < 1.29 is 0 Å². The lowest BCUT2D eigenvalue weighted by molar-refractivity contribution is 1.61. The topological polar surface area (TPSA) is 0 Å². The van der Waals surface area contributed by atoms with Crippen molar-refractivity contribution in [3.63, 3.8) is 0 Å². The summed E-state index contributed by atoms with van der Waals surface area (Å²) in [5.74, 6) is 2.03. The van der Waals surface area contributed by atoms with E-state index in [1.165, 1.54) is 9.95 Å². The molecule has 0 atom stereocenters. The molecule has 0 saturated carbocycles. The Labute approximate surface area is 66.5 Å². The molecule has 1 aliphatic rings. The van der Waals surface area contributed by atoms with Gasteiger partial charge in [-0.15, -0.1) is 5.98 Å². The summed E-state index contributed by atoms with van der Waals surface area (Å²) in [4.78, 5) is 0. The van der Waals surface area contributed by atoms with Crippen LogP contribution in [0.15, 0.2) is 22.0 Å². The van der Waals surface area contributed by atoms with E-state index in [0.29, 0.717) is 0 Å². The molecule has 0 nitrogen and oxygen atoms in total. The first-order chi connectivity index (χ1) is 3.84. The van der Waals surface area contributed by atoms with Gasteiger partial charge in [0.25, 0.3) is 0 Å². The van der Waals surface area contributed by atoms with Gasteiger partial charge < -0.3 is 0 Å². The number of allylic oxidation sites excluding steroid dienone is 2. The molecule has 0 bridgehead atoms. The molecule has 41 valence electrons. The van der Waals surface area contributed by atoms with Gasteiger partial charge in [-0.3, -0.25) is 0 Å². The van der Waals surface area contributed by atoms with Crippen molar-refractivity contribution in [3.8, 4) is 0 Å². The van der Waals surface area contributed by atoms with Crippen LogP contribution in [0.2, 0.25) is 0 Å². The Bertz CT molecular complexity index is 149. The lowest BCUT2D eigenvalue weighted by atomic mass is 9.82. The molecule has 0 saturated heterocycles. The molecule has 0 aromatic rings. The first-order valence-corrected chi connectivity index (χ1v) is 4.22. The van der Waals surface area contributed by atoms with Gasteiger partial charge in [0.15, 0.2) is 7.28 Å². The molecule has 8 heavy (non-hydrogen) atoms. The van der Waals surface area contributed by atoms with Crippen molar-refractivity contribution in [2.45, 2.75) is 0 Å². The van der Waals surface area contributed by atoms with Gasteiger partial charge in [0.1, 0.15) is 0 Å². The maximum atomic E-state index is 3.40. The number of hydrogen-bond acceptors (Lipinski definition) is 0. The van der Waals surface area contributed by atoms with Gasteiger partial charge in [-0.2, -0.15) is 0 Å². The van der Waals surface area contributed by atoms with E-state index in [-0.39, 0.29) is 0 Å². The molecule has 1 heterocycles. The molecule has 1 aliphatic heterocycles. The molecular weight excluding hydrogens is 231 g/mol. The van der Waals surface area contributed by atoms with E-state index < -0.39 is 0 Å².